The van der Waals surface area contributed by atoms with Crippen molar-refractivity contribution >= 4 is 22.2 Å². The van der Waals surface area contributed by atoms with E-state index < -0.39 is 10.8 Å². The number of pyridine rings is 1. The van der Waals surface area contributed by atoms with Gasteiger partial charge in [0.25, 0.3) is 0 Å². The van der Waals surface area contributed by atoms with Crippen LogP contribution in [0.5, 0.6) is 0 Å². The fourth-order valence-corrected chi connectivity index (χ4v) is 5.54. The van der Waals surface area contributed by atoms with Crippen molar-refractivity contribution in [2.75, 3.05) is 5.75 Å². The first kappa shape index (κ1) is 21.4. The minimum Gasteiger partial charge on any atom is -0.512 e. The minimum atomic E-state index is -1.22. The van der Waals surface area contributed by atoms with Crippen molar-refractivity contribution in [3.8, 4) is 0 Å². The van der Waals surface area contributed by atoms with Crippen molar-refractivity contribution < 1.29 is 14.1 Å². The number of rotatable bonds is 5. The molecule has 1 aromatic heterocycles. The average molecular weight is 412 g/mol. The van der Waals surface area contributed by atoms with Crippen LogP contribution in [0.4, 0.5) is 0 Å². The number of aromatic nitrogens is 1. The van der Waals surface area contributed by atoms with Gasteiger partial charge in [-0.2, -0.15) is 0 Å². The summed E-state index contributed by atoms with van der Waals surface area (Å²) in [6.45, 7) is 9.94. The molecule has 0 bridgehead atoms. The number of hydrogen-bond donors (Lipinski definition) is 1. The normalized spacial score (nSPS) is 19.3. The Morgan fingerprint density at radius 2 is 1.76 bits per heavy atom. The van der Waals surface area contributed by atoms with E-state index in [1.165, 1.54) is 0 Å². The second-order valence-corrected chi connectivity index (χ2v) is 9.79. The first-order valence-corrected chi connectivity index (χ1v) is 11.3. The molecule has 0 spiro atoms. The van der Waals surface area contributed by atoms with E-state index in [0.717, 1.165) is 27.8 Å². The van der Waals surface area contributed by atoms with Crippen molar-refractivity contribution in [1.82, 2.24) is 4.98 Å². The molecule has 1 aliphatic carbocycles. The average Bonchev–Trinajstić information content (AvgIpc) is 2.63. The van der Waals surface area contributed by atoms with E-state index in [0.29, 0.717) is 29.2 Å². The lowest BCUT2D eigenvalue weighted by molar-refractivity contribution is -0.115. The van der Waals surface area contributed by atoms with Crippen LogP contribution in [-0.4, -0.2) is 25.8 Å². The summed E-state index contributed by atoms with van der Waals surface area (Å²) in [6.07, 6.45) is 2.52. The maximum absolute atomic E-state index is 13.0. The van der Waals surface area contributed by atoms with E-state index in [2.05, 4.69) is 4.98 Å². The molecule has 4 nitrogen and oxygen atoms in total. The SMILES string of the molecule is Cc1ccc(S(=O)CC(C)C2CC(=O)C(c3c(C)cc(C)cc3C)=C(O)C2)nc1. The molecule has 0 radical (unpaired) electrons. The highest BCUT2D eigenvalue weighted by Gasteiger charge is 2.33. The Morgan fingerprint density at radius 3 is 2.31 bits per heavy atom. The molecule has 5 heteroatoms. The van der Waals surface area contributed by atoms with E-state index in [-0.39, 0.29) is 23.4 Å². The predicted molar refractivity (Wildman–Crippen MR) is 117 cm³/mol. The Balaban J connectivity index is 1.79. The molecule has 0 amide bonds. The van der Waals surface area contributed by atoms with E-state index in [1.807, 2.05) is 52.8 Å². The van der Waals surface area contributed by atoms with Gasteiger partial charge in [-0.05, 0) is 67.9 Å². The fourth-order valence-electron chi connectivity index (χ4n) is 4.23. The van der Waals surface area contributed by atoms with Gasteiger partial charge in [0.15, 0.2) is 5.78 Å². The molecule has 0 saturated carbocycles. The van der Waals surface area contributed by atoms with Crippen LogP contribution >= 0.6 is 0 Å². The van der Waals surface area contributed by atoms with Gasteiger partial charge in [0, 0.05) is 24.8 Å². The maximum atomic E-state index is 13.0. The molecule has 0 fully saturated rings. The van der Waals surface area contributed by atoms with E-state index in [1.54, 1.807) is 12.3 Å². The Hall–Kier alpha value is -2.27. The van der Waals surface area contributed by atoms with Crippen LogP contribution in [0.25, 0.3) is 5.57 Å². The lowest BCUT2D eigenvalue weighted by Crippen LogP contribution is -2.27. The highest BCUT2D eigenvalue weighted by molar-refractivity contribution is 7.84. The summed E-state index contributed by atoms with van der Waals surface area (Å²) < 4.78 is 12.7. The van der Waals surface area contributed by atoms with Gasteiger partial charge in [0.05, 0.1) is 16.4 Å². The highest BCUT2D eigenvalue weighted by Crippen LogP contribution is 2.38. The van der Waals surface area contributed by atoms with E-state index >= 15 is 0 Å². The number of aliphatic hydroxyl groups excluding tert-OH is 1. The predicted octanol–water partition coefficient (Wildman–Crippen LogP) is 5.01. The molecular weight excluding hydrogens is 382 g/mol. The van der Waals surface area contributed by atoms with Crippen molar-refractivity contribution in [3.05, 3.63) is 64.0 Å². The molecule has 154 valence electrons. The third-order valence-electron chi connectivity index (χ3n) is 5.73. The summed E-state index contributed by atoms with van der Waals surface area (Å²) in [6, 6.07) is 7.79. The maximum Gasteiger partial charge on any atom is 0.167 e. The Labute approximate surface area is 175 Å². The zero-order valence-corrected chi connectivity index (χ0v) is 18.6. The standard InChI is InChI=1S/C24H29NO3S/c1-14-6-7-22(25-12-14)29(28)13-18(5)19-10-20(26)24(21(27)11-19)23-16(3)8-15(2)9-17(23)4/h6-9,12,18-19,26H,10-11,13H2,1-5H3. The second-order valence-electron chi connectivity index (χ2n) is 8.35. The molecule has 0 aliphatic heterocycles. The minimum absolute atomic E-state index is 0.0216. The summed E-state index contributed by atoms with van der Waals surface area (Å²) in [5, 5.41) is 11.3. The molecule has 1 heterocycles. The number of ketones is 1. The van der Waals surface area contributed by atoms with Crippen LogP contribution in [0.15, 0.2) is 41.2 Å². The zero-order valence-electron chi connectivity index (χ0n) is 17.8. The highest BCUT2D eigenvalue weighted by atomic mass is 32.2. The molecule has 3 atom stereocenters. The summed E-state index contributed by atoms with van der Waals surface area (Å²) in [7, 11) is -1.22. The molecular formula is C24H29NO3S. The molecule has 0 saturated heterocycles. The van der Waals surface area contributed by atoms with Crippen molar-refractivity contribution in [3.63, 3.8) is 0 Å². The summed E-state index contributed by atoms with van der Waals surface area (Å²) >= 11 is 0. The van der Waals surface area contributed by atoms with Crippen LogP contribution in [0.2, 0.25) is 0 Å². The van der Waals surface area contributed by atoms with Gasteiger partial charge in [0.2, 0.25) is 0 Å². The summed E-state index contributed by atoms with van der Waals surface area (Å²) in [5.74, 6) is 0.574. The van der Waals surface area contributed by atoms with Crippen LogP contribution in [0, 0.1) is 39.5 Å². The number of hydrogen-bond acceptors (Lipinski definition) is 4. The van der Waals surface area contributed by atoms with Gasteiger partial charge in [-0.25, -0.2) is 4.98 Å². The summed E-state index contributed by atoms with van der Waals surface area (Å²) in [4.78, 5) is 17.3. The zero-order chi connectivity index (χ0) is 21.3. The Kier molecular flexibility index (Phi) is 6.37. The number of nitrogens with zero attached hydrogens (tertiary/aromatic N) is 1. The van der Waals surface area contributed by atoms with Gasteiger partial charge in [-0.1, -0.05) is 30.7 Å². The number of aryl methyl sites for hydroxylation is 4. The lowest BCUT2D eigenvalue weighted by atomic mass is 9.77. The van der Waals surface area contributed by atoms with Gasteiger partial charge >= 0.3 is 0 Å². The van der Waals surface area contributed by atoms with Crippen molar-refractivity contribution in [1.29, 1.82) is 0 Å². The van der Waals surface area contributed by atoms with E-state index in [4.69, 9.17) is 0 Å². The van der Waals surface area contributed by atoms with E-state index in [9.17, 15) is 14.1 Å². The number of aliphatic hydroxyl groups is 1. The largest absolute Gasteiger partial charge is 0.512 e. The van der Waals surface area contributed by atoms with Crippen LogP contribution in [0.3, 0.4) is 0 Å². The smallest absolute Gasteiger partial charge is 0.167 e. The quantitative estimate of drug-likeness (QED) is 0.751. The van der Waals surface area contributed by atoms with Crippen LogP contribution in [0.1, 0.15) is 47.6 Å². The first-order chi connectivity index (χ1) is 13.7. The van der Waals surface area contributed by atoms with Gasteiger partial charge < -0.3 is 5.11 Å². The topological polar surface area (TPSA) is 67.3 Å². The number of carbonyl (C=O) groups excluding carboxylic acids is 1. The molecule has 1 aliphatic rings. The third kappa shape index (κ3) is 4.67. The molecule has 3 unspecified atom stereocenters. The van der Waals surface area contributed by atoms with Crippen LogP contribution < -0.4 is 0 Å². The fraction of sp³-hybridized carbons (Fsp3) is 0.417. The van der Waals surface area contributed by atoms with Gasteiger partial charge in [-0.15, -0.1) is 0 Å². The van der Waals surface area contributed by atoms with Crippen molar-refractivity contribution in [2.24, 2.45) is 11.8 Å². The van der Waals surface area contributed by atoms with Crippen molar-refractivity contribution in [2.45, 2.75) is 52.5 Å². The number of carbonyl (C=O) groups is 1. The van der Waals surface area contributed by atoms with Gasteiger partial charge in [0.1, 0.15) is 10.8 Å². The monoisotopic (exact) mass is 411 g/mol. The van der Waals surface area contributed by atoms with Gasteiger partial charge in [-0.3, -0.25) is 9.00 Å². The Bertz CT molecular complexity index is 969. The second kappa shape index (κ2) is 8.62. The molecule has 29 heavy (non-hydrogen) atoms. The first-order valence-electron chi connectivity index (χ1n) is 10.0. The number of benzene rings is 1. The Morgan fingerprint density at radius 1 is 1.10 bits per heavy atom. The lowest BCUT2D eigenvalue weighted by Gasteiger charge is -2.29. The molecule has 1 N–H and O–H groups in total. The molecule has 3 rings (SSSR count). The third-order valence-corrected chi connectivity index (χ3v) is 7.27. The summed E-state index contributed by atoms with van der Waals surface area (Å²) in [5.41, 5.74) is 5.51. The van der Waals surface area contributed by atoms with Crippen LogP contribution in [-0.2, 0) is 15.6 Å². The number of allylic oxidation sites excluding steroid dienone is 2. The molecule has 2 aromatic rings. The number of Topliss-reactive ketones (excluding diaryl/α,β-unsaturated/α-hetero) is 1. The molecule has 1 aromatic carbocycles.